The quantitative estimate of drug-likeness (QED) is 0.0689. The smallest absolute Gasteiger partial charge is 0.415 e. The molecule has 17 nitrogen and oxygen atoms in total. The second-order valence-corrected chi connectivity index (χ2v) is 14.1. The molecule has 7 N–H and O–H groups in total. The number of aromatic hydroxyl groups is 4. The van der Waals surface area contributed by atoms with Gasteiger partial charge in [0, 0.05) is 45.0 Å². The van der Waals surface area contributed by atoms with Crippen molar-refractivity contribution >= 4 is 35.7 Å². The number of nitrogens with one attached hydrogen (secondary N) is 1. The number of phenolic OH excluding ortho intramolecular Hbond substituents is 2. The van der Waals surface area contributed by atoms with E-state index >= 15 is 0 Å². The van der Waals surface area contributed by atoms with Gasteiger partial charge in [0.2, 0.25) is 11.9 Å². The minimum absolute atomic E-state index is 0.00642. The third-order valence-electron chi connectivity index (χ3n) is 10.1. The summed E-state index contributed by atoms with van der Waals surface area (Å²) in [6.45, 7) is 11.6. The molecule has 1 saturated carbocycles. The number of ether oxygens (including phenoxy) is 1. The van der Waals surface area contributed by atoms with Crippen molar-refractivity contribution in [3.63, 3.8) is 0 Å². The highest BCUT2D eigenvalue weighted by molar-refractivity contribution is 5.92. The standard InChI is InChI=1S/C28H36N6O3.2C7H6O4/c1-4-25(35)33-14-12-32(13-15-33)24(16-20-6-7-20)22-10-8-21(9-11-22)19(3)30-27-29-17-23-18-37-28(36)34(5-2)26(23)31-27;2*8-4-1-2-6(9)5(3-4)7(10)11/h4,8-11,17,19-20,24H,1,5-7,12-16,18H2,2-3H3,(H,29,30,31);2*1-3,8-9H,(H,10,11)/t19-,24-;;/m0../s1. The highest BCUT2D eigenvalue weighted by Gasteiger charge is 2.32. The van der Waals surface area contributed by atoms with Crippen molar-refractivity contribution in [3.8, 4) is 23.0 Å². The van der Waals surface area contributed by atoms with Crippen LogP contribution in [-0.4, -0.2) is 107 Å². The molecule has 4 aromatic rings. The Kier molecular flexibility index (Phi) is 14.3. The van der Waals surface area contributed by atoms with Crippen molar-refractivity contribution < 1.29 is 54.6 Å². The highest BCUT2D eigenvalue weighted by atomic mass is 16.6. The molecule has 1 aliphatic carbocycles. The molecule has 2 amide bonds. The molecule has 0 unspecified atom stereocenters. The molecule has 17 heteroatoms. The number of cyclic esters (lactones) is 1. The molecule has 2 fully saturated rings. The average Bonchev–Trinajstić information content (AvgIpc) is 4.06. The van der Waals surface area contributed by atoms with Gasteiger partial charge >= 0.3 is 18.0 Å². The molecule has 0 radical (unpaired) electrons. The van der Waals surface area contributed by atoms with Crippen LogP contribution in [0.25, 0.3) is 0 Å². The molecular weight excluding hydrogens is 764 g/mol. The average molecular weight is 813 g/mol. The van der Waals surface area contributed by atoms with Crippen LogP contribution in [-0.2, 0) is 16.1 Å². The number of carboxylic acid groups (broad SMARTS) is 2. The maximum absolute atomic E-state index is 12.1. The molecule has 1 saturated heterocycles. The van der Waals surface area contributed by atoms with Gasteiger partial charge in [0.15, 0.2) is 0 Å². The zero-order valence-corrected chi connectivity index (χ0v) is 32.7. The summed E-state index contributed by atoms with van der Waals surface area (Å²) < 4.78 is 5.18. The SMILES string of the molecule is C=CC(=O)N1CCN([C@@H](CC2CC2)c2ccc([C@H](C)Nc3ncc4c(n3)N(CC)C(=O)OC4)cc2)CC1.O=C(O)c1cc(O)ccc1O.O=C(O)c1cc(O)ccc1O. The number of hydrogen-bond acceptors (Lipinski definition) is 13. The third kappa shape index (κ3) is 11.4. The number of carbonyl (C=O) groups is 4. The molecule has 3 heterocycles. The highest BCUT2D eigenvalue weighted by Crippen LogP contribution is 2.40. The maximum Gasteiger partial charge on any atom is 0.415 e. The van der Waals surface area contributed by atoms with Crippen molar-refractivity contribution in [1.29, 1.82) is 0 Å². The van der Waals surface area contributed by atoms with E-state index in [0.29, 0.717) is 24.4 Å². The summed E-state index contributed by atoms with van der Waals surface area (Å²) in [5.41, 5.74) is 2.67. The largest absolute Gasteiger partial charge is 0.508 e. The van der Waals surface area contributed by atoms with Gasteiger partial charge in [-0.3, -0.25) is 14.6 Å². The third-order valence-corrected chi connectivity index (χ3v) is 10.1. The zero-order chi connectivity index (χ0) is 42.8. The number of carbonyl (C=O) groups excluding carboxylic acids is 2. The van der Waals surface area contributed by atoms with E-state index in [1.807, 2.05) is 11.8 Å². The second-order valence-electron chi connectivity index (χ2n) is 14.1. The fraction of sp³-hybridized carbons (Fsp3) is 0.333. The number of hydrogen-bond donors (Lipinski definition) is 7. The summed E-state index contributed by atoms with van der Waals surface area (Å²) in [6, 6.07) is 15.8. The van der Waals surface area contributed by atoms with Gasteiger partial charge in [-0.15, -0.1) is 0 Å². The number of anilines is 2. The van der Waals surface area contributed by atoms with E-state index < -0.39 is 11.9 Å². The first-order valence-electron chi connectivity index (χ1n) is 19.0. The van der Waals surface area contributed by atoms with Gasteiger partial charge < -0.3 is 45.6 Å². The van der Waals surface area contributed by atoms with Crippen molar-refractivity contribution in [2.75, 3.05) is 42.9 Å². The van der Waals surface area contributed by atoms with Gasteiger partial charge in [0.25, 0.3) is 0 Å². The topological polar surface area (TPSA) is 246 Å². The number of fused-ring (bicyclic) bond motifs is 1. The van der Waals surface area contributed by atoms with Gasteiger partial charge in [0.1, 0.15) is 46.5 Å². The summed E-state index contributed by atoms with van der Waals surface area (Å²) in [5.74, 6) is -1.67. The van der Waals surface area contributed by atoms with Crippen LogP contribution in [0.5, 0.6) is 23.0 Å². The monoisotopic (exact) mass is 812 g/mol. The first-order valence-corrected chi connectivity index (χ1v) is 19.0. The lowest BCUT2D eigenvalue weighted by atomic mass is 9.96. The molecule has 0 spiro atoms. The minimum Gasteiger partial charge on any atom is -0.508 e. The van der Waals surface area contributed by atoms with E-state index in [9.17, 15) is 19.2 Å². The van der Waals surface area contributed by atoms with E-state index in [-0.39, 0.29) is 58.8 Å². The van der Waals surface area contributed by atoms with Gasteiger partial charge in [-0.05, 0) is 79.8 Å². The molecule has 3 aromatic carbocycles. The Labute approximate surface area is 340 Å². The molecule has 7 rings (SSSR count). The molecular formula is C42H48N6O11. The van der Waals surface area contributed by atoms with Crippen molar-refractivity contribution in [1.82, 2.24) is 19.8 Å². The number of phenols is 4. The van der Waals surface area contributed by atoms with Gasteiger partial charge in [0.05, 0.1) is 11.6 Å². The van der Waals surface area contributed by atoms with Crippen LogP contribution in [0.4, 0.5) is 16.6 Å². The first-order chi connectivity index (χ1) is 28.2. The number of amides is 2. The molecule has 3 aliphatic rings. The fourth-order valence-electron chi connectivity index (χ4n) is 6.61. The lowest BCUT2D eigenvalue weighted by Gasteiger charge is -2.39. The van der Waals surface area contributed by atoms with Crippen LogP contribution in [0.2, 0.25) is 0 Å². The predicted molar refractivity (Wildman–Crippen MR) is 216 cm³/mol. The number of aromatic carboxylic acids is 2. The number of nitrogens with zero attached hydrogens (tertiary/aromatic N) is 5. The Hall–Kier alpha value is -6.88. The van der Waals surface area contributed by atoms with Crippen LogP contribution in [0.3, 0.4) is 0 Å². The maximum atomic E-state index is 12.1. The van der Waals surface area contributed by atoms with Crippen molar-refractivity contribution in [2.45, 2.75) is 51.8 Å². The summed E-state index contributed by atoms with van der Waals surface area (Å²) in [6.07, 6.45) is 6.56. The molecule has 312 valence electrons. The summed E-state index contributed by atoms with van der Waals surface area (Å²) in [5, 5.41) is 55.7. The zero-order valence-electron chi connectivity index (χ0n) is 32.7. The second kappa shape index (κ2) is 19.5. The van der Waals surface area contributed by atoms with Gasteiger partial charge in [-0.2, -0.15) is 4.98 Å². The van der Waals surface area contributed by atoms with Crippen LogP contribution in [0.15, 0.2) is 79.5 Å². The predicted octanol–water partition coefficient (Wildman–Crippen LogP) is 5.89. The Morgan fingerprint density at radius 3 is 1.93 bits per heavy atom. The molecule has 1 aromatic heterocycles. The van der Waals surface area contributed by atoms with E-state index in [1.54, 1.807) is 6.20 Å². The van der Waals surface area contributed by atoms with Crippen LogP contribution in [0.1, 0.15) is 82.6 Å². The van der Waals surface area contributed by atoms with Crippen molar-refractivity contribution in [2.24, 2.45) is 5.92 Å². The number of rotatable bonds is 11. The number of benzene rings is 3. The number of piperazine rings is 1. The number of carboxylic acids is 2. The van der Waals surface area contributed by atoms with E-state index in [4.69, 9.17) is 35.4 Å². The molecule has 59 heavy (non-hydrogen) atoms. The van der Waals surface area contributed by atoms with Crippen LogP contribution >= 0.6 is 0 Å². The Bertz CT molecular complexity index is 2090. The van der Waals surface area contributed by atoms with E-state index in [2.05, 4.69) is 58.0 Å². The summed E-state index contributed by atoms with van der Waals surface area (Å²) >= 11 is 0. The van der Waals surface area contributed by atoms with E-state index in [1.165, 1.54) is 47.9 Å². The Morgan fingerprint density at radius 2 is 1.44 bits per heavy atom. The van der Waals surface area contributed by atoms with Crippen molar-refractivity contribution in [3.05, 3.63) is 107 Å². The fourth-order valence-corrected chi connectivity index (χ4v) is 6.61. The number of aromatic nitrogens is 2. The molecule has 0 bridgehead atoms. The van der Waals surface area contributed by atoms with E-state index in [0.717, 1.165) is 67.5 Å². The molecule has 2 atom stereocenters. The minimum atomic E-state index is -1.27. The first kappa shape index (κ1) is 43.2. The lowest BCUT2D eigenvalue weighted by Crippen LogP contribution is -2.49. The van der Waals surface area contributed by atoms with Crippen LogP contribution in [0, 0.1) is 5.92 Å². The normalized spacial score (nSPS) is 15.8. The summed E-state index contributed by atoms with van der Waals surface area (Å²) in [4.78, 5) is 59.7. The van der Waals surface area contributed by atoms with Crippen LogP contribution < -0.4 is 10.2 Å². The Balaban J connectivity index is 0.000000244. The lowest BCUT2D eigenvalue weighted by molar-refractivity contribution is -0.128. The molecule has 2 aliphatic heterocycles. The summed E-state index contributed by atoms with van der Waals surface area (Å²) in [7, 11) is 0. The Morgan fingerprint density at radius 1 is 0.881 bits per heavy atom. The van der Waals surface area contributed by atoms with Gasteiger partial charge in [-0.1, -0.05) is 43.7 Å². The van der Waals surface area contributed by atoms with Gasteiger partial charge in [-0.25, -0.2) is 19.4 Å².